The summed E-state index contributed by atoms with van der Waals surface area (Å²) in [5.74, 6) is 1.27. The Morgan fingerprint density at radius 2 is 1.75 bits per heavy atom. The molecule has 0 amide bonds. The van der Waals surface area contributed by atoms with E-state index in [0.717, 1.165) is 28.9 Å². The molecule has 0 aromatic heterocycles. The van der Waals surface area contributed by atoms with Gasteiger partial charge in [-0.05, 0) is 36.6 Å². The van der Waals surface area contributed by atoms with Crippen molar-refractivity contribution in [2.75, 3.05) is 5.75 Å². The van der Waals surface area contributed by atoms with Crippen LogP contribution in [0.15, 0.2) is 47.4 Å². The largest absolute Gasteiger partial charge is 0.289 e. The molecule has 0 unspecified atom stereocenters. The first kappa shape index (κ1) is 14.9. The van der Waals surface area contributed by atoms with Gasteiger partial charge in [0.1, 0.15) is 0 Å². The van der Waals surface area contributed by atoms with E-state index in [-0.39, 0.29) is 5.78 Å². The first-order valence-electron chi connectivity index (χ1n) is 7.12. The highest BCUT2D eigenvalue weighted by molar-refractivity contribution is 7.99. The maximum absolute atomic E-state index is 12.5. The van der Waals surface area contributed by atoms with Gasteiger partial charge in [0.05, 0.1) is 0 Å². The third kappa shape index (κ3) is 2.80. The molecule has 0 atom stereocenters. The summed E-state index contributed by atoms with van der Waals surface area (Å²) in [6.45, 7) is 6.07. The fourth-order valence-corrected chi connectivity index (χ4v) is 3.55. The molecule has 1 nitrogen and oxygen atoms in total. The van der Waals surface area contributed by atoms with Crippen LogP contribution in [0.5, 0.6) is 0 Å². The normalized spacial score (nSPS) is 12.3. The molecule has 0 spiro atoms. The zero-order valence-corrected chi connectivity index (χ0v) is 13.1. The Bertz CT molecular complexity index is 602. The Morgan fingerprint density at radius 1 is 1.05 bits per heavy atom. The van der Waals surface area contributed by atoms with Gasteiger partial charge in [-0.25, -0.2) is 0 Å². The van der Waals surface area contributed by atoms with E-state index in [2.05, 4.69) is 13.0 Å². The SMILES string of the molecule is CC.Cc1c(C(=O)c2ccccc2)ccc2c1CCS2. The van der Waals surface area contributed by atoms with E-state index in [1.807, 2.05) is 62.0 Å². The van der Waals surface area contributed by atoms with Gasteiger partial charge in [0.15, 0.2) is 5.78 Å². The van der Waals surface area contributed by atoms with Crippen LogP contribution in [0.1, 0.15) is 40.9 Å². The molecule has 0 saturated carbocycles. The lowest BCUT2D eigenvalue weighted by Gasteiger charge is -2.09. The van der Waals surface area contributed by atoms with Gasteiger partial charge in [-0.1, -0.05) is 44.2 Å². The molecular weight excluding hydrogens is 264 g/mol. The molecular formula is C18H20OS. The van der Waals surface area contributed by atoms with Gasteiger partial charge in [-0.15, -0.1) is 11.8 Å². The molecule has 1 heterocycles. The van der Waals surface area contributed by atoms with Gasteiger partial charge in [0.25, 0.3) is 0 Å². The van der Waals surface area contributed by atoms with Gasteiger partial charge < -0.3 is 0 Å². The zero-order chi connectivity index (χ0) is 14.5. The van der Waals surface area contributed by atoms with E-state index in [0.29, 0.717) is 0 Å². The zero-order valence-electron chi connectivity index (χ0n) is 12.3. The van der Waals surface area contributed by atoms with Crippen LogP contribution in [-0.4, -0.2) is 11.5 Å². The summed E-state index contributed by atoms with van der Waals surface area (Å²) >= 11 is 1.89. The second-order valence-corrected chi connectivity index (χ2v) is 5.65. The van der Waals surface area contributed by atoms with Crippen molar-refractivity contribution in [3.63, 3.8) is 0 Å². The minimum atomic E-state index is 0.132. The van der Waals surface area contributed by atoms with Crippen molar-refractivity contribution in [3.05, 3.63) is 64.7 Å². The number of hydrogen-bond donors (Lipinski definition) is 0. The van der Waals surface area contributed by atoms with Crippen LogP contribution in [0, 0.1) is 6.92 Å². The molecule has 20 heavy (non-hydrogen) atoms. The Hall–Kier alpha value is -1.54. The highest BCUT2D eigenvalue weighted by atomic mass is 32.2. The van der Waals surface area contributed by atoms with Crippen LogP contribution >= 0.6 is 11.8 Å². The molecule has 0 fully saturated rings. The van der Waals surface area contributed by atoms with Crippen LogP contribution in [0.25, 0.3) is 0 Å². The molecule has 1 aliphatic heterocycles. The number of fused-ring (bicyclic) bond motifs is 1. The number of carbonyl (C=O) groups excluding carboxylic acids is 1. The maximum Gasteiger partial charge on any atom is 0.193 e. The summed E-state index contributed by atoms with van der Waals surface area (Å²) in [5, 5.41) is 0. The second kappa shape index (κ2) is 6.76. The Morgan fingerprint density at radius 3 is 2.45 bits per heavy atom. The first-order valence-corrected chi connectivity index (χ1v) is 8.11. The molecule has 0 aliphatic carbocycles. The summed E-state index contributed by atoms with van der Waals surface area (Å²) in [6.07, 6.45) is 1.09. The monoisotopic (exact) mass is 284 g/mol. The molecule has 0 saturated heterocycles. The minimum absolute atomic E-state index is 0.132. The lowest BCUT2D eigenvalue weighted by Crippen LogP contribution is -2.05. The van der Waals surface area contributed by atoms with Crippen LogP contribution < -0.4 is 0 Å². The van der Waals surface area contributed by atoms with Crippen molar-refractivity contribution in [1.82, 2.24) is 0 Å². The fourth-order valence-electron chi connectivity index (χ4n) is 2.43. The third-order valence-electron chi connectivity index (χ3n) is 3.45. The predicted molar refractivity (Wildman–Crippen MR) is 86.8 cm³/mol. The quantitative estimate of drug-likeness (QED) is 0.730. The molecule has 2 aromatic rings. The molecule has 3 rings (SSSR count). The number of benzene rings is 2. The van der Waals surface area contributed by atoms with Crippen LogP contribution in [0.2, 0.25) is 0 Å². The second-order valence-electron chi connectivity index (χ2n) is 4.51. The number of ketones is 1. The average Bonchev–Trinajstić information content (AvgIpc) is 2.99. The number of carbonyl (C=O) groups is 1. The highest BCUT2D eigenvalue weighted by Gasteiger charge is 2.19. The third-order valence-corrected chi connectivity index (χ3v) is 4.55. The minimum Gasteiger partial charge on any atom is -0.289 e. The lowest BCUT2D eigenvalue weighted by molar-refractivity contribution is 0.103. The van der Waals surface area contributed by atoms with Crippen molar-refractivity contribution >= 4 is 17.5 Å². The van der Waals surface area contributed by atoms with Crippen molar-refractivity contribution in [2.24, 2.45) is 0 Å². The van der Waals surface area contributed by atoms with Gasteiger partial charge in [-0.3, -0.25) is 4.79 Å². The topological polar surface area (TPSA) is 17.1 Å². The van der Waals surface area contributed by atoms with Gasteiger partial charge in [0, 0.05) is 21.8 Å². The number of thioether (sulfide) groups is 1. The van der Waals surface area contributed by atoms with Gasteiger partial charge >= 0.3 is 0 Å². The molecule has 104 valence electrons. The van der Waals surface area contributed by atoms with E-state index in [1.165, 1.54) is 10.5 Å². The predicted octanol–water partition coefficient (Wildman–Crippen LogP) is 4.90. The van der Waals surface area contributed by atoms with Gasteiger partial charge in [0.2, 0.25) is 0 Å². The Labute approximate surface area is 125 Å². The van der Waals surface area contributed by atoms with E-state index < -0.39 is 0 Å². The van der Waals surface area contributed by atoms with Crippen LogP contribution in [-0.2, 0) is 6.42 Å². The molecule has 1 aliphatic rings. The number of rotatable bonds is 2. The summed E-state index contributed by atoms with van der Waals surface area (Å²) < 4.78 is 0. The molecule has 0 radical (unpaired) electrons. The average molecular weight is 284 g/mol. The van der Waals surface area contributed by atoms with E-state index in [4.69, 9.17) is 0 Å². The molecule has 2 aromatic carbocycles. The summed E-state index contributed by atoms with van der Waals surface area (Å²) in [5.41, 5.74) is 4.14. The maximum atomic E-state index is 12.5. The highest BCUT2D eigenvalue weighted by Crippen LogP contribution is 2.35. The van der Waals surface area contributed by atoms with Crippen molar-refractivity contribution in [1.29, 1.82) is 0 Å². The standard InChI is InChI=1S/C16H14OS.C2H6/c1-11-13-9-10-18-15(13)8-7-14(11)16(17)12-5-3-2-4-6-12;1-2/h2-8H,9-10H2,1H3;1-2H3. The van der Waals surface area contributed by atoms with Crippen molar-refractivity contribution < 1.29 is 4.79 Å². The van der Waals surface area contributed by atoms with E-state index in [1.54, 1.807) is 0 Å². The molecule has 0 bridgehead atoms. The summed E-state index contributed by atoms with van der Waals surface area (Å²) in [4.78, 5) is 13.8. The summed E-state index contributed by atoms with van der Waals surface area (Å²) in [6, 6.07) is 13.6. The van der Waals surface area contributed by atoms with Crippen molar-refractivity contribution in [3.8, 4) is 0 Å². The molecule has 2 heteroatoms. The van der Waals surface area contributed by atoms with Crippen LogP contribution in [0.4, 0.5) is 0 Å². The van der Waals surface area contributed by atoms with Crippen molar-refractivity contribution in [2.45, 2.75) is 32.1 Å². The van der Waals surface area contributed by atoms with E-state index >= 15 is 0 Å². The molecule has 0 N–H and O–H groups in total. The first-order chi connectivity index (χ1) is 9.77. The Balaban J connectivity index is 0.000000704. The van der Waals surface area contributed by atoms with E-state index in [9.17, 15) is 4.79 Å². The fraction of sp³-hybridized carbons (Fsp3) is 0.278. The van der Waals surface area contributed by atoms with Crippen LogP contribution in [0.3, 0.4) is 0 Å². The smallest absolute Gasteiger partial charge is 0.193 e. The Kier molecular flexibility index (Phi) is 5.02. The lowest BCUT2D eigenvalue weighted by atomic mass is 9.95. The number of hydrogen-bond acceptors (Lipinski definition) is 2. The summed E-state index contributed by atoms with van der Waals surface area (Å²) in [7, 11) is 0. The van der Waals surface area contributed by atoms with Gasteiger partial charge in [-0.2, -0.15) is 0 Å².